The van der Waals surface area contributed by atoms with Crippen LogP contribution >= 0.6 is 0 Å². The summed E-state index contributed by atoms with van der Waals surface area (Å²) in [6, 6.07) is 10.3. The SMILES string of the molecule is CN(C)Cc1ccc(C(C)(C)C(=O)N(NCC(C)(C)C)c2nc(C#N)nc3c2CCC3)cc1. The van der Waals surface area contributed by atoms with Crippen LogP contribution in [0.3, 0.4) is 0 Å². The van der Waals surface area contributed by atoms with E-state index in [9.17, 15) is 10.1 Å². The first-order valence-electron chi connectivity index (χ1n) is 11.5. The molecule has 1 heterocycles. The van der Waals surface area contributed by atoms with Crippen molar-refractivity contribution in [2.24, 2.45) is 5.41 Å². The standard InChI is InChI=1S/C26H36N6O/c1-25(2,3)17-28-32(23-20-9-8-10-21(20)29-22(15-27)30-23)24(33)26(4,5)19-13-11-18(12-14-19)16-31(6)7/h11-14,28H,8-10,16-17H2,1-7H3. The molecule has 3 rings (SSSR count). The number of nitriles is 1. The van der Waals surface area contributed by atoms with Crippen LogP contribution in [-0.4, -0.2) is 41.4 Å². The van der Waals surface area contributed by atoms with Crippen molar-refractivity contribution in [3.63, 3.8) is 0 Å². The number of hydrogen-bond donors (Lipinski definition) is 1. The Morgan fingerprint density at radius 3 is 2.33 bits per heavy atom. The number of carbonyl (C=O) groups is 1. The van der Waals surface area contributed by atoms with Gasteiger partial charge in [-0.2, -0.15) is 10.2 Å². The van der Waals surface area contributed by atoms with Gasteiger partial charge >= 0.3 is 0 Å². The van der Waals surface area contributed by atoms with Crippen LogP contribution in [0, 0.1) is 16.7 Å². The Kier molecular flexibility index (Phi) is 7.20. The van der Waals surface area contributed by atoms with Gasteiger partial charge in [0.15, 0.2) is 5.82 Å². The number of hydrazine groups is 1. The normalized spacial score (nSPS) is 13.7. The summed E-state index contributed by atoms with van der Waals surface area (Å²) >= 11 is 0. The molecule has 7 nitrogen and oxygen atoms in total. The molecule has 0 atom stereocenters. The minimum absolute atomic E-state index is 0.0508. The second-order valence-electron chi connectivity index (χ2n) is 10.9. The van der Waals surface area contributed by atoms with Gasteiger partial charge in [-0.25, -0.2) is 15.4 Å². The fourth-order valence-corrected chi connectivity index (χ4v) is 4.00. The molecule has 1 amide bonds. The zero-order chi connectivity index (χ0) is 24.4. The predicted octanol–water partition coefficient (Wildman–Crippen LogP) is 3.76. The lowest BCUT2D eigenvalue weighted by Crippen LogP contribution is -2.53. The summed E-state index contributed by atoms with van der Waals surface area (Å²) in [4.78, 5) is 25.1. The van der Waals surface area contributed by atoms with Crippen molar-refractivity contribution in [3.05, 3.63) is 52.5 Å². The lowest BCUT2D eigenvalue weighted by Gasteiger charge is -2.34. The zero-order valence-corrected chi connectivity index (χ0v) is 21.0. The Labute approximate surface area is 197 Å². The fraction of sp³-hybridized carbons (Fsp3) is 0.538. The molecular weight excluding hydrogens is 412 g/mol. The molecule has 0 saturated carbocycles. The number of carbonyl (C=O) groups excluding carboxylic acids is 1. The summed E-state index contributed by atoms with van der Waals surface area (Å²) in [6.45, 7) is 11.6. The molecule has 0 radical (unpaired) electrons. The molecule has 0 bridgehead atoms. The molecule has 1 N–H and O–H groups in total. The largest absolute Gasteiger partial charge is 0.305 e. The Balaban J connectivity index is 2.02. The van der Waals surface area contributed by atoms with Crippen LogP contribution in [0.15, 0.2) is 24.3 Å². The molecule has 0 aliphatic heterocycles. The first-order valence-corrected chi connectivity index (χ1v) is 11.5. The third-order valence-corrected chi connectivity index (χ3v) is 5.90. The smallest absolute Gasteiger partial charge is 0.252 e. The van der Waals surface area contributed by atoms with Crippen molar-refractivity contribution in [2.45, 2.75) is 65.8 Å². The lowest BCUT2D eigenvalue weighted by molar-refractivity contribution is -0.123. The number of nitrogens with one attached hydrogen (secondary N) is 1. The number of rotatable bonds is 7. The molecular formula is C26H36N6O. The van der Waals surface area contributed by atoms with Crippen LogP contribution in [0.4, 0.5) is 5.82 Å². The molecule has 1 aromatic heterocycles. The van der Waals surface area contributed by atoms with Crippen LogP contribution < -0.4 is 10.4 Å². The number of anilines is 1. The van der Waals surface area contributed by atoms with E-state index in [4.69, 9.17) is 0 Å². The highest BCUT2D eigenvalue weighted by molar-refractivity contribution is 6.00. The maximum absolute atomic E-state index is 14.1. The predicted molar refractivity (Wildman–Crippen MR) is 131 cm³/mol. The highest BCUT2D eigenvalue weighted by atomic mass is 16.2. The Morgan fingerprint density at radius 1 is 1.09 bits per heavy atom. The molecule has 0 unspecified atom stereocenters. The number of aromatic nitrogens is 2. The van der Waals surface area contributed by atoms with Gasteiger partial charge in [0.2, 0.25) is 5.82 Å². The third kappa shape index (κ3) is 5.76. The van der Waals surface area contributed by atoms with E-state index >= 15 is 0 Å². The van der Waals surface area contributed by atoms with Crippen molar-refractivity contribution >= 4 is 11.7 Å². The average Bonchev–Trinajstić information content (AvgIpc) is 3.21. The van der Waals surface area contributed by atoms with E-state index in [1.807, 2.05) is 40.1 Å². The summed E-state index contributed by atoms with van der Waals surface area (Å²) in [5.41, 5.74) is 6.46. The minimum Gasteiger partial charge on any atom is -0.305 e. The topological polar surface area (TPSA) is 85.2 Å². The molecule has 0 fully saturated rings. The Bertz CT molecular complexity index is 1040. The average molecular weight is 449 g/mol. The van der Waals surface area contributed by atoms with Crippen LogP contribution in [-0.2, 0) is 29.6 Å². The van der Waals surface area contributed by atoms with Gasteiger partial charge in [-0.15, -0.1) is 0 Å². The number of hydrogen-bond acceptors (Lipinski definition) is 6. The quantitative estimate of drug-likeness (QED) is 0.649. The Hall–Kier alpha value is -2.82. The van der Waals surface area contributed by atoms with Gasteiger partial charge in [-0.3, -0.25) is 4.79 Å². The zero-order valence-electron chi connectivity index (χ0n) is 21.0. The number of amides is 1. The molecule has 1 aliphatic rings. The number of fused-ring (bicyclic) bond motifs is 1. The summed E-state index contributed by atoms with van der Waals surface area (Å²) in [7, 11) is 4.08. The highest BCUT2D eigenvalue weighted by Crippen LogP contribution is 2.33. The van der Waals surface area contributed by atoms with Crippen molar-refractivity contribution < 1.29 is 4.79 Å². The minimum atomic E-state index is -0.801. The molecule has 1 aliphatic carbocycles. The van der Waals surface area contributed by atoms with E-state index in [-0.39, 0.29) is 17.1 Å². The van der Waals surface area contributed by atoms with Crippen LogP contribution in [0.2, 0.25) is 0 Å². The lowest BCUT2D eigenvalue weighted by atomic mass is 9.83. The summed E-state index contributed by atoms with van der Waals surface area (Å²) in [6.07, 6.45) is 2.55. The van der Waals surface area contributed by atoms with Crippen LogP contribution in [0.1, 0.15) is 69.2 Å². The van der Waals surface area contributed by atoms with Gasteiger partial charge in [0, 0.05) is 18.7 Å². The van der Waals surface area contributed by atoms with Gasteiger partial charge in [-0.1, -0.05) is 45.0 Å². The number of aryl methyl sites for hydroxylation is 1. The highest BCUT2D eigenvalue weighted by Gasteiger charge is 2.37. The first kappa shape index (κ1) is 24.8. The number of benzene rings is 1. The van der Waals surface area contributed by atoms with Crippen molar-refractivity contribution in [3.8, 4) is 6.07 Å². The van der Waals surface area contributed by atoms with E-state index < -0.39 is 5.41 Å². The molecule has 2 aromatic rings. The fourth-order valence-electron chi connectivity index (χ4n) is 4.00. The molecule has 0 spiro atoms. The van der Waals surface area contributed by atoms with E-state index in [0.717, 1.165) is 42.6 Å². The van der Waals surface area contributed by atoms with Crippen molar-refractivity contribution in [1.29, 1.82) is 5.26 Å². The van der Waals surface area contributed by atoms with Gasteiger partial charge in [0.25, 0.3) is 5.91 Å². The third-order valence-electron chi connectivity index (χ3n) is 5.90. The molecule has 1 aromatic carbocycles. The van der Waals surface area contributed by atoms with Crippen molar-refractivity contribution in [1.82, 2.24) is 20.3 Å². The molecule has 33 heavy (non-hydrogen) atoms. The maximum atomic E-state index is 14.1. The monoisotopic (exact) mass is 448 g/mol. The van der Waals surface area contributed by atoms with Crippen LogP contribution in [0.25, 0.3) is 0 Å². The van der Waals surface area contributed by atoms with Gasteiger partial charge in [-0.05, 0) is 63.7 Å². The van der Waals surface area contributed by atoms with Gasteiger partial charge in [0.1, 0.15) is 6.07 Å². The summed E-state index contributed by atoms with van der Waals surface area (Å²) in [5.74, 6) is 0.510. The summed E-state index contributed by atoms with van der Waals surface area (Å²) < 4.78 is 0. The van der Waals surface area contributed by atoms with E-state index in [0.29, 0.717) is 12.4 Å². The molecule has 176 valence electrons. The summed E-state index contributed by atoms with van der Waals surface area (Å²) in [5, 5.41) is 11.1. The van der Waals surface area contributed by atoms with Crippen molar-refractivity contribution in [2.75, 3.05) is 25.6 Å². The van der Waals surface area contributed by atoms with E-state index in [2.05, 4.69) is 59.3 Å². The number of nitrogens with zero attached hydrogens (tertiary/aromatic N) is 5. The molecule has 7 heteroatoms. The Morgan fingerprint density at radius 2 is 1.76 bits per heavy atom. The first-order chi connectivity index (χ1) is 15.4. The maximum Gasteiger partial charge on any atom is 0.252 e. The van der Waals surface area contributed by atoms with Crippen LogP contribution in [0.5, 0.6) is 0 Å². The van der Waals surface area contributed by atoms with E-state index in [1.165, 1.54) is 5.56 Å². The molecule has 0 saturated heterocycles. The second-order valence-corrected chi connectivity index (χ2v) is 10.9. The second kappa shape index (κ2) is 9.58. The van der Waals surface area contributed by atoms with Gasteiger partial charge < -0.3 is 4.90 Å². The van der Waals surface area contributed by atoms with E-state index in [1.54, 1.807) is 5.01 Å². The van der Waals surface area contributed by atoms with Gasteiger partial charge in [0.05, 0.1) is 11.1 Å².